The molecule has 1 heterocycles. The van der Waals surface area contributed by atoms with Crippen LogP contribution in [0.3, 0.4) is 0 Å². The van der Waals surface area contributed by atoms with Crippen LogP contribution in [-0.2, 0) is 11.2 Å². The Morgan fingerprint density at radius 3 is 2.16 bits per heavy atom. The predicted octanol–water partition coefficient (Wildman–Crippen LogP) is 5.80. The van der Waals surface area contributed by atoms with E-state index in [2.05, 4.69) is 82.6 Å². The zero-order valence-electron chi connectivity index (χ0n) is 18.4. The molecule has 0 atom stereocenters. The van der Waals surface area contributed by atoms with Gasteiger partial charge in [0.05, 0.1) is 5.69 Å². The molecule has 160 valence electrons. The highest BCUT2D eigenvalue weighted by molar-refractivity contribution is 5.98. The fourth-order valence-corrected chi connectivity index (χ4v) is 4.58. The van der Waals surface area contributed by atoms with Crippen LogP contribution in [0.5, 0.6) is 0 Å². The Morgan fingerprint density at radius 1 is 0.871 bits per heavy atom. The summed E-state index contributed by atoms with van der Waals surface area (Å²) in [5.41, 5.74) is 4.73. The standard InChI is InChI=1S/C28H32N2O/c1-2-28(31)30(27-16-10-9-15-26(27)24-13-7-4-8-14-24)25-18-21-29(22-19-25)20-17-23-11-5-3-6-12-23/h3-16,25H,2,17-22H2,1H3. The van der Waals surface area contributed by atoms with Gasteiger partial charge in [0.25, 0.3) is 0 Å². The van der Waals surface area contributed by atoms with E-state index in [-0.39, 0.29) is 11.9 Å². The number of hydrogen-bond acceptors (Lipinski definition) is 2. The molecule has 0 aliphatic carbocycles. The van der Waals surface area contributed by atoms with E-state index in [9.17, 15) is 4.79 Å². The fourth-order valence-electron chi connectivity index (χ4n) is 4.58. The lowest BCUT2D eigenvalue weighted by Crippen LogP contribution is -2.48. The van der Waals surface area contributed by atoms with Gasteiger partial charge in [0, 0.05) is 37.7 Å². The molecule has 0 spiro atoms. The third-order valence-corrected chi connectivity index (χ3v) is 6.30. The maximum Gasteiger partial charge on any atom is 0.226 e. The summed E-state index contributed by atoms with van der Waals surface area (Å²) >= 11 is 0. The average Bonchev–Trinajstić information content (AvgIpc) is 2.85. The number of carbonyl (C=O) groups excluding carboxylic acids is 1. The Labute approximate surface area is 186 Å². The van der Waals surface area contributed by atoms with Crippen molar-refractivity contribution in [3.63, 3.8) is 0 Å². The first-order valence-corrected chi connectivity index (χ1v) is 11.5. The summed E-state index contributed by atoms with van der Waals surface area (Å²) in [6.45, 7) is 5.13. The molecule has 0 N–H and O–H groups in total. The van der Waals surface area contributed by atoms with Crippen molar-refractivity contribution in [3.8, 4) is 11.1 Å². The van der Waals surface area contributed by atoms with Crippen LogP contribution < -0.4 is 4.90 Å². The van der Waals surface area contributed by atoms with Crippen LogP contribution in [0.25, 0.3) is 11.1 Å². The minimum atomic E-state index is 0.214. The molecule has 1 saturated heterocycles. The number of rotatable bonds is 7. The number of amides is 1. The Bertz CT molecular complexity index is 963. The molecule has 31 heavy (non-hydrogen) atoms. The zero-order valence-corrected chi connectivity index (χ0v) is 18.4. The molecule has 0 saturated carbocycles. The van der Waals surface area contributed by atoms with Crippen molar-refractivity contribution >= 4 is 11.6 Å². The Kier molecular flexibility index (Phi) is 7.16. The number of benzene rings is 3. The minimum absolute atomic E-state index is 0.214. The summed E-state index contributed by atoms with van der Waals surface area (Å²) < 4.78 is 0. The lowest BCUT2D eigenvalue weighted by molar-refractivity contribution is -0.119. The van der Waals surface area contributed by atoms with Crippen molar-refractivity contribution in [2.24, 2.45) is 0 Å². The number of para-hydroxylation sites is 1. The third kappa shape index (κ3) is 5.23. The van der Waals surface area contributed by atoms with Crippen molar-refractivity contribution in [2.75, 3.05) is 24.5 Å². The van der Waals surface area contributed by atoms with E-state index < -0.39 is 0 Å². The van der Waals surface area contributed by atoms with Crippen molar-refractivity contribution < 1.29 is 4.79 Å². The molecule has 0 aromatic heterocycles. The Balaban J connectivity index is 1.48. The van der Waals surface area contributed by atoms with Crippen molar-refractivity contribution in [1.29, 1.82) is 0 Å². The highest BCUT2D eigenvalue weighted by Gasteiger charge is 2.29. The highest BCUT2D eigenvalue weighted by atomic mass is 16.2. The van der Waals surface area contributed by atoms with E-state index in [1.807, 2.05) is 19.1 Å². The summed E-state index contributed by atoms with van der Waals surface area (Å²) in [5, 5.41) is 0. The number of anilines is 1. The van der Waals surface area contributed by atoms with E-state index in [1.165, 1.54) is 5.56 Å². The summed E-state index contributed by atoms with van der Waals surface area (Å²) in [6.07, 6.45) is 3.64. The van der Waals surface area contributed by atoms with E-state index in [0.29, 0.717) is 6.42 Å². The molecular formula is C28H32N2O. The Morgan fingerprint density at radius 2 is 1.48 bits per heavy atom. The molecule has 0 radical (unpaired) electrons. The maximum atomic E-state index is 13.1. The molecular weight excluding hydrogens is 380 g/mol. The molecule has 3 heteroatoms. The van der Waals surface area contributed by atoms with Gasteiger partial charge in [-0.1, -0.05) is 85.8 Å². The van der Waals surface area contributed by atoms with Crippen molar-refractivity contribution in [3.05, 3.63) is 90.5 Å². The van der Waals surface area contributed by atoms with Crippen LogP contribution in [0.15, 0.2) is 84.9 Å². The SMILES string of the molecule is CCC(=O)N(c1ccccc1-c1ccccc1)C1CCN(CCc2ccccc2)CC1. The van der Waals surface area contributed by atoms with Gasteiger partial charge in [0.1, 0.15) is 0 Å². The van der Waals surface area contributed by atoms with Gasteiger partial charge in [-0.25, -0.2) is 0 Å². The number of piperidine rings is 1. The molecule has 0 bridgehead atoms. The van der Waals surface area contributed by atoms with Crippen molar-refractivity contribution in [2.45, 2.75) is 38.6 Å². The van der Waals surface area contributed by atoms with Gasteiger partial charge in [0.15, 0.2) is 0 Å². The van der Waals surface area contributed by atoms with Crippen LogP contribution in [-0.4, -0.2) is 36.5 Å². The van der Waals surface area contributed by atoms with Crippen LogP contribution in [0.4, 0.5) is 5.69 Å². The molecule has 4 rings (SSSR count). The predicted molar refractivity (Wildman–Crippen MR) is 129 cm³/mol. The number of hydrogen-bond donors (Lipinski definition) is 0. The molecule has 1 aliphatic heterocycles. The van der Waals surface area contributed by atoms with Gasteiger partial charge in [-0.3, -0.25) is 4.79 Å². The lowest BCUT2D eigenvalue weighted by atomic mass is 9.97. The lowest BCUT2D eigenvalue weighted by Gasteiger charge is -2.39. The topological polar surface area (TPSA) is 23.6 Å². The van der Waals surface area contributed by atoms with Gasteiger partial charge in [-0.05, 0) is 36.5 Å². The second kappa shape index (κ2) is 10.4. The van der Waals surface area contributed by atoms with Gasteiger partial charge >= 0.3 is 0 Å². The van der Waals surface area contributed by atoms with Gasteiger partial charge in [0.2, 0.25) is 5.91 Å². The molecule has 0 unspecified atom stereocenters. The molecule has 1 fully saturated rings. The summed E-state index contributed by atoms with van der Waals surface area (Å²) in [4.78, 5) is 17.7. The minimum Gasteiger partial charge on any atom is -0.309 e. The monoisotopic (exact) mass is 412 g/mol. The first-order valence-electron chi connectivity index (χ1n) is 11.5. The van der Waals surface area contributed by atoms with E-state index in [4.69, 9.17) is 0 Å². The first-order chi connectivity index (χ1) is 15.3. The molecule has 3 aromatic carbocycles. The molecule has 1 aliphatic rings. The normalized spacial score (nSPS) is 15.0. The highest BCUT2D eigenvalue weighted by Crippen LogP contribution is 2.34. The van der Waals surface area contributed by atoms with Gasteiger partial charge < -0.3 is 9.80 Å². The molecule has 1 amide bonds. The second-order valence-corrected chi connectivity index (χ2v) is 8.31. The first kappa shape index (κ1) is 21.3. The van der Waals surface area contributed by atoms with Crippen LogP contribution in [0.2, 0.25) is 0 Å². The third-order valence-electron chi connectivity index (χ3n) is 6.30. The average molecular weight is 413 g/mol. The van der Waals surface area contributed by atoms with Crippen LogP contribution in [0, 0.1) is 0 Å². The maximum absolute atomic E-state index is 13.1. The summed E-state index contributed by atoms with van der Waals surface area (Å²) in [7, 11) is 0. The van der Waals surface area contributed by atoms with Crippen molar-refractivity contribution in [1.82, 2.24) is 4.90 Å². The fraction of sp³-hybridized carbons (Fsp3) is 0.321. The van der Waals surface area contributed by atoms with Gasteiger partial charge in [-0.2, -0.15) is 0 Å². The quantitative estimate of drug-likeness (QED) is 0.489. The van der Waals surface area contributed by atoms with E-state index in [1.54, 1.807) is 0 Å². The summed E-state index contributed by atoms with van der Waals surface area (Å²) in [5.74, 6) is 0.214. The zero-order chi connectivity index (χ0) is 21.5. The molecule has 3 aromatic rings. The van der Waals surface area contributed by atoms with Crippen LogP contribution in [0.1, 0.15) is 31.7 Å². The number of likely N-dealkylation sites (tertiary alicyclic amines) is 1. The summed E-state index contributed by atoms with van der Waals surface area (Å²) in [6, 6.07) is 29.7. The second-order valence-electron chi connectivity index (χ2n) is 8.31. The number of nitrogens with zero attached hydrogens (tertiary/aromatic N) is 2. The smallest absolute Gasteiger partial charge is 0.226 e. The number of carbonyl (C=O) groups is 1. The Hall–Kier alpha value is -2.91. The largest absolute Gasteiger partial charge is 0.309 e. The molecule has 3 nitrogen and oxygen atoms in total. The van der Waals surface area contributed by atoms with E-state index >= 15 is 0 Å². The van der Waals surface area contributed by atoms with Crippen LogP contribution >= 0.6 is 0 Å². The van der Waals surface area contributed by atoms with Gasteiger partial charge in [-0.15, -0.1) is 0 Å². The van der Waals surface area contributed by atoms with E-state index in [0.717, 1.165) is 55.7 Å².